The zero-order chi connectivity index (χ0) is 25.4. The third-order valence-electron chi connectivity index (χ3n) is 6.76. The second kappa shape index (κ2) is 9.18. The van der Waals surface area contributed by atoms with Gasteiger partial charge in [0, 0.05) is 24.1 Å². The van der Waals surface area contributed by atoms with Crippen LogP contribution >= 0.6 is 0 Å². The lowest BCUT2D eigenvalue weighted by Crippen LogP contribution is -2.43. The van der Waals surface area contributed by atoms with Crippen LogP contribution in [0.2, 0.25) is 0 Å². The standard InChI is InChI=1S/C28H29N3O5/c1-4-35-23-13-20-11-17(2)36-24(20)14-21(23)15-29-25(32)16-31-26(33)28(3,30-27(31)34)22-10-9-18-7-5-6-8-19(18)12-22/h5-10,12-14,17H,4,11,15-16H2,1-3H3,(H,29,32)(H,30,34)/t17-,28+/m1/s1. The Kier molecular flexibility index (Phi) is 6.04. The second-order valence-electron chi connectivity index (χ2n) is 9.42. The van der Waals surface area contributed by atoms with Crippen molar-refractivity contribution in [1.82, 2.24) is 15.5 Å². The van der Waals surface area contributed by atoms with E-state index < -0.39 is 23.4 Å². The fourth-order valence-electron chi connectivity index (χ4n) is 4.84. The molecule has 8 heteroatoms. The molecule has 1 fully saturated rings. The first kappa shape index (κ1) is 23.7. The summed E-state index contributed by atoms with van der Waals surface area (Å²) < 4.78 is 11.6. The fourth-order valence-corrected chi connectivity index (χ4v) is 4.84. The maximum atomic E-state index is 13.3. The van der Waals surface area contributed by atoms with Crippen molar-refractivity contribution < 1.29 is 23.9 Å². The van der Waals surface area contributed by atoms with E-state index in [0.29, 0.717) is 17.9 Å². The van der Waals surface area contributed by atoms with Crippen LogP contribution < -0.4 is 20.1 Å². The molecule has 0 saturated carbocycles. The third kappa shape index (κ3) is 4.23. The number of amides is 4. The maximum absolute atomic E-state index is 13.3. The summed E-state index contributed by atoms with van der Waals surface area (Å²) in [7, 11) is 0. The molecule has 2 aliphatic rings. The van der Waals surface area contributed by atoms with Gasteiger partial charge in [0.05, 0.1) is 6.61 Å². The third-order valence-corrected chi connectivity index (χ3v) is 6.76. The summed E-state index contributed by atoms with van der Waals surface area (Å²) in [5.41, 5.74) is 1.26. The number of hydrogen-bond acceptors (Lipinski definition) is 5. The Morgan fingerprint density at radius 1 is 1.17 bits per heavy atom. The van der Waals surface area contributed by atoms with Crippen molar-refractivity contribution in [3.8, 4) is 11.5 Å². The fraction of sp³-hybridized carbons (Fsp3) is 0.321. The molecule has 36 heavy (non-hydrogen) atoms. The quantitative estimate of drug-likeness (QED) is 0.496. The Hall–Kier alpha value is -4.07. The summed E-state index contributed by atoms with van der Waals surface area (Å²) in [6.45, 7) is 5.87. The number of carbonyl (C=O) groups is 3. The Labute approximate surface area is 209 Å². The van der Waals surface area contributed by atoms with Crippen molar-refractivity contribution >= 4 is 28.6 Å². The highest BCUT2D eigenvalue weighted by Gasteiger charge is 2.49. The van der Waals surface area contributed by atoms with Gasteiger partial charge < -0.3 is 20.1 Å². The number of hydrogen-bond donors (Lipinski definition) is 2. The molecule has 2 heterocycles. The maximum Gasteiger partial charge on any atom is 0.325 e. The number of benzene rings is 3. The number of urea groups is 1. The van der Waals surface area contributed by atoms with Crippen molar-refractivity contribution in [2.45, 2.75) is 45.4 Å². The molecule has 8 nitrogen and oxygen atoms in total. The van der Waals surface area contributed by atoms with Gasteiger partial charge in [-0.1, -0.05) is 36.4 Å². The van der Waals surface area contributed by atoms with Gasteiger partial charge in [-0.2, -0.15) is 0 Å². The Balaban J connectivity index is 1.28. The number of carbonyl (C=O) groups excluding carboxylic acids is 3. The first-order chi connectivity index (χ1) is 17.3. The number of imide groups is 1. The number of fused-ring (bicyclic) bond motifs is 2. The summed E-state index contributed by atoms with van der Waals surface area (Å²) in [6.07, 6.45) is 0.903. The number of nitrogens with one attached hydrogen (secondary N) is 2. The lowest BCUT2D eigenvalue weighted by atomic mass is 9.90. The molecule has 0 unspecified atom stereocenters. The van der Waals surface area contributed by atoms with E-state index in [1.54, 1.807) is 6.92 Å². The van der Waals surface area contributed by atoms with Crippen LogP contribution in [0.25, 0.3) is 10.8 Å². The van der Waals surface area contributed by atoms with E-state index in [9.17, 15) is 14.4 Å². The van der Waals surface area contributed by atoms with E-state index in [1.165, 1.54) is 0 Å². The van der Waals surface area contributed by atoms with Crippen LogP contribution in [0.4, 0.5) is 4.79 Å². The van der Waals surface area contributed by atoms with Crippen molar-refractivity contribution in [1.29, 1.82) is 0 Å². The minimum absolute atomic E-state index is 0.0934. The Morgan fingerprint density at radius 2 is 1.94 bits per heavy atom. The lowest BCUT2D eigenvalue weighted by molar-refractivity contribution is -0.134. The molecule has 5 rings (SSSR count). The first-order valence-corrected chi connectivity index (χ1v) is 12.1. The molecule has 0 aromatic heterocycles. The summed E-state index contributed by atoms with van der Waals surface area (Å²) in [5.74, 6) is 0.565. The largest absolute Gasteiger partial charge is 0.494 e. The Bertz CT molecular complexity index is 1370. The van der Waals surface area contributed by atoms with Gasteiger partial charge in [0.2, 0.25) is 5.91 Å². The van der Waals surface area contributed by atoms with E-state index >= 15 is 0 Å². The average molecular weight is 488 g/mol. The SMILES string of the molecule is CCOc1cc2c(cc1CNC(=O)CN1C(=O)N[C@@](C)(c3ccc4ccccc4c3)C1=O)O[C@H](C)C2. The van der Waals surface area contributed by atoms with E-state index in [2.05, 4.69) is 10.6 Å². The first-order valence-electron chi connectivity index (χ1n) is 12.1. The minimum atomic E-state index is -1.25. The summed E-state index contributed by atoms with van der Waals surface area (Å²) in [4.78, 5) is 39.8. The van der Waals surface area contributed by atoms with Gasteiger partial charge in [-0.3, -0.25) is 14.5 Å². The number of ether oxygens (including phenoxy) is 2. The Morgan fingerprint density at radius 3 is 2.72 bits per heavy atom. The molecule has 0 radical (unpaired) electrons. The van der Waals surface area contributed by atoms with Gasteiger partial charge in [-0.25, -0.2) is 4.79 Å². The van der Waals surface area contributed by atoms with E-state index in [4.69, 9.17) is 9.47 Å². The van der Waals surface area contributed by atoms with Crippen LogP contribution in [0.5, 0.6) is 11.5 Å². The molecule has 2 atom stereocenters. The molecule has 1 saturated heterocycles. The molecule has 186 valence electrons. The monoisotopic (exact) mass is 487 g/mol. The molecule has 3 aromatic carbocycles. The van der Waals surface area contributed by atoms with Gasteiger partial charge in [-0.15, -0.1) is 0 Å². The van der Waals surface area contributed by atoms with Crippen molar-refractivity contribution in [3.63, 3.8) is 0 Å². The molecule has 2 aliphatic heterocycles. The zero-order valence-electron chi connectivity index (χ0n) is 20.6. The predicted octanol–water partition coefficient (Wildman–Crippen LogP) is 3.65. The van der Waals surface area contributed by atoms with Gasteiger partial charge >= 0.3 is 6.03 Å². The lowest BCUT2D eigenvalue weighted by Gasteiger charge is -2.22. The smallest absolute Gasteiger partial charge is 0.325 e. The molecular weight excluding hydrogens is 458 g/mol. The summed E-state index contributed by atoms with van der Waals surface area (Å²) in [5, 5.41) is 7.58. The van der Waals surface area contributed by atoms with E-state index in [1.807, 2.05) is 68.4 Å². The predicted molar refractivity (Wildman–Crippen MR) is 135 cm³/mol. The van der Waals surface area contributed by atoms with Crippen LogP contribution in [-0.4, -0.2) is 42.0 Å². The van der Waals surface area contributed by atoms with Crippen LogP contribution in [0, 0.1) is 0 Å². The summed E-state index contributed by atoms with van der Waals surface area (Å²) >= 11 is 0. The van der Waals surface area contributed by atoms with E-state index in [0.717, 1.165) is 39.0 Å². The topological polar surface area (TPSA) is 97.0 Å². The van der Waals surface area contributed by atoms with Gasteiger partial charge in [-0.05, 0) is 55.3 Å². The highest BCUT2D eigenvalue weighted by molar-refractivity contribution is 6.09. The number of rotatable bonds is 7. The second-order valence-corrected chi connectivity index (χ2v) is 9.42. The van der Waals surface area contributed by atoms with Crippen LogP contribution in [0.1, 0.15) is 37.5 Å². The average Bonchev–Trinajstić information content (AvgIpc) is 3.33. The minimum Gasteiger partial charge on any atom is -0.494 e. The zero-order valence-corrected chi connectivity index (χ0v) is 20.6. The molecule has 0 bridgehead atoms. The molecule has 0 aliphatic carbocycles. The molecular formula is C28H29N3O5. The molecule has 2 N–H and O–H groups in total. The van der Waals surface area contributed by atoms with Crippen LogP contribution in [0.3, 0.4) is 0 Å². The van der Waals surface area contributed by atoms with Crippen LogP contribution in [0.15, 0.2) is 54.6 Å². The highest BCUT2D eigenvalue weighted by Crippen LogP contribution is 2.35. The normalized spacial score (nSPS) is 20.8. The molecule has 3 aromatic rings. The van der Waals surface area contributed by atoms with Crippen molar-refractivity contribution in [2.75, 3.05) is 13.2 Å². The van der Waals surface area contributed by atoms with Gasteiger partial charge in [0.15, 0.2) is 0 Å². The van der Waals surface area contributed by atoms with Crippen molar-refractivity contribution in [3.05, 3.63) is 71.3 Å². The van der Waals surface area contributed by atoms with E-state index in [-0.39, 0.29) is 19.2 Å². The van der Waals surface area contributed by atoms with Gasteiger partial charge in [0.1, 0.15) is 29.7 Å². The molecule has 4 amide bonds. The molecule has 0 spiro atoms. The van der Waals surface area contributed by atoms with Crippen LogP contribution in [-0.2, 0) is 28.1 Å². The number of nitrogens with zero attached hydrogens (tertiary/aromatic N) is 1. The highest BCUT2D eigenvalue weighted by atomic mass is 16.5. The van der Waals surface area contributed by atoms with Gasteiger partial charge in [0.25, 0.3) is 5.91 Å². The summed E-state index contributed by atoms with van der Waals surface area (Å²) in [6, 6.07) is 16.7. The van der Waals surface area contributed by atoms with Crippen molar-refractivity contribution in [2.24, 2.45) is 0 Å².